The van der Waals surface area contributed by atoms with Crippen molar-refractivity contribution in [3.63, 3.8) is 0 Å². The van der Waals surface area contributed by atoms with E-state index in [2.05, 4.69) is 54.4 Å². The molecule has 1 unspecified atom stereocenters. The lowest BCUT2D eigenvalue weighted by atomic mass is 9.87. The van der Waals surface area contributed by atoms with Crippen molar-refractivity contribution in [2.75, 3.05) is 27.2 Å². The highest BCUT2D eigenvalue weighted by molar-refractivity contribution is 5.95. The third-order valence-corrected chi connectivity index (χ3v) is 13.3. The van der Waals surface area contributed by atoms with Crippen molar-refractivity contribution in [1.29, 1.82) is 0 Å². The van der Waals surface area contributed by atoms with Crippen molar-refractivity contribution in [2.45, 2.75) is 138 Å². The number of rotatable bonds is 16. The van der Waals surface area contributed by atoms with E-state index in [-0.39, 0.29) is 75.7 Å². The van der Waals surface area contributed by atoms with Crippen molar-refractivity contribution < 1.29 is 33.6 Å². The standard InChI is InChI=1S/C49H64N10O7.2ClH/c1-7-15-39(56-43(60)29(3)50-5)47(64)58-27-33(25-41(58)45(62)54-37-23-13-19-31-17-9-11-21-35(31)37)52-49(66)53-34-26-42(46(63)55-38-24-14-20-32-18-10-12-22-36(32)38)59(28-34)48(65)40(16-8-2)57-44(61)30(4)51-6;;/h1-2,9-12,17-18,21-22,29-30,33-34,37-42,50-51H,13-16,19-20,23-28H2,3-6H3,(H,54,62)(H,55,63)(H,56,60)(H,57,61)(H2,52,53,66);2*1H/t29-,30-,33-,34-,37+,38+,39-,40-,41-,42?;;/m0../s1. The zero-order valence-electron chi connectivity index (χ0n) is 39.1. The van der Waals surface area contributed by atoms with Crippen molar-refractivity contribution in [3.8, 4) is 24.7 Å². The number of nitrogens with zero attached hydrogens (tertiary/aromatic N) is 2. The molecule has 0 saturated carbocycles. The van der Waals surface area contributed by atoms with Crippen molar-refractivity contribution in [1.82, 2.24) is 52.3 Å². The van der Waals surface area contributed by atoms with Crippen LogP contribution in [0.15, 0.2) is 48.5 Å². The Hall–Kier alpha value is -5.85. The molecule has 2 aliphatic carbocycles. The zero-order chi connectivity index (χ0) is 47.5. The molecule has 17 nitrogen and oxygen atoms in total. The number of carbonyl (C=O) groups excluding carboxylic acids is 7. The molecule has 8 amide bonds. The van der Waals surface area contributed by atoms with Crippen LogP contribution in [0.2, 0.25) is 0 Å². The Morgan fingerprint density at radius 2 is 1.00 bits per heavy atom. The predicted molar refractivity (Wildman–Crippen MR) is 262 cm³/mol. The first kappa shape index (κ1) is 54.8. The highest BCUT2D eigenvalue weighted by Gasteiger charge is 2.46. The maximum absolute atomic E-state index is 14.3. The van der Waals surface area contributed by atoms with E-state index in [4.69, 9.17) is 12.8 Å². The van der Waals surface area contributed by atoms with Gasteiger partial charge in [-0.25, -0.2) is 4.79 Å². The summed E-state index contributed by atoms with van der Waals surface area (Å²) in [6, 6.07) is 7.69. The SMILES string of the molecule is C#CC[C@H](NC(=O)[C@H](C)NC)C(=O)N1C[C@@H](NC(=O)N[C@H]2C[C@@H](C(=O)N[C@@H]3CCCc4ccccc43)N(C(=O)[C@H](CC#C)NC(=O)[C@H](C)NC)C2)CC1C(=O)N[C@@H]1CCCc2ccccc21.Cl.Cl. The maximum Gasteiger partial charge on any atom is 0.315 e. The van der Waals surface area contributed by atoms with Gasteiger partial charge in [0.2, 0.25) is 35.4 Å². The van der Waals surface area contributed by atoms with Gasteiger partial charge < -0.3 is 52.3 Å². The minimum atomic E-state index is -1.13. The summed E-state index contributed by atoms with van der Waals surface area (Å²) < 4.78 is 0. The van der Waals surface area contributed by atoms with Gasteiger partial charge in [0.1, 0.15) is 24.2 Å². The zero-order valence-corrected chi connectivity index (χ0v) is 40.7. The van der Waals surface area contributed by atoms with Crippen LogP contribution in [0.5, 0.6) is 0 Å². The number of aryl methyl sites for hydroxylation is 2. The van der Waals surface area contributed by atoms with Crippen molar-refractivity contribution in [2.24, 2.45) is 0 Å². The molecular weight excluding hydrogens is 912 g/mol. The van der Waals surface area contributed by atoms with Crippen LogP contribution < -0.4 is 42.5 Å². The van der Waals surface area contributed by atoms with Crippen LogP contribution in [0.3, 0.4) is 0 Å². The molecule has 0 spiro atoms. The Labute approximate surface area is 411 Å². The van der Waals surface area contributed by atoms with Gasteiger partial charge in [-0.1, -0.05) is 48.5 Å². The quantitative estimate of drug-likeness (QED) is 0.115. The lowest BCUT2D eigenvalue weighted by molar-refractivity contribution is -0.141. The molecule has 0 radical (unpaired) electrons. The summed E-state index contributed by atoms with van der Waals surface area (Å²) in [4.78, 5) is 99.7. The van der Waals surface area contributed by atoms with Gasteiger partial charge in [0, 0.05) is 25.9 Å². The molecular formula is C49H66Cl2N10O7. The van der Waals surface area contributed by atoms with Gasteiger partial charge in [-0.2, -0.15) is 0 Å². The molecule has 2 heterocycles. The number of likely N-dealkylation sites (tertiary alicyclic amines) is 2. The minimum Gasteiger partial charge on any atom is -0.347 e. The van der Waals surface area contributed by atoms with Crippen LogP contribution in [0.25, 0.3) is 0 Å². The fourth-order valence-electron chi connectivity index (χ4n) is 9.51. The highest BCUT2D eigenvalue weighted by Crippen LogP contribution is 2.32. The Bertz CT molecular complexity index is 2080. The molecule has 6 rings (SSSR count). The molecule has 0 aromatic heterocycles. The van der Waals surface area contributed by atoms with Crippen molar-refractivity contribution >= 4 is 66.3 Å². The van der Waals surface area contributed by atoms with Gasteiger partial charge in [-0.15, -0.1) is 49.5 Å². The molecule has 19 heteroatoms. The second-order valence-electron chi connectivity index (χ2n) is 17.8. The van der Waals surface area contributed by atoms with E-state index < -0.39 is 89.8 Å². The number of urea groups is 1. The van der Waals surface area contributed by atoms with Crippen LogP contribution in [0, 0.1) is 24.7 Å². The van der Waals surface area contributed by atoms with E-state index in [1.807, 2.05) is 48.5 Å². The number of hydrogen-bond acceptors (Lipinski definition) is 9. The summed E-state index contributed by atoms with van der Waals surface area (Å²) in [7, 11) is 3.23. The molecule has 8 N–H and O–H groups in total. The molecule has 2 aromatic rings. The molecule has 10 atom stereocenters. The Morgan fingerprint density at radius 3 is 1.37 bits per heavy atom. The van der Waals surface area contributed by atoms with Gasteiger partial charge in [-0.05, 0) is 102 Å². The highest BCUT2D eigenvalue weighted by atomic mass is 35.5. The summed E-state index contributed by atoms with van der Waals surface area (Å²) >= 11 is 0. The molecule has 68 heavy (non-hydrogen) atoms. The predicted octanol–water partition coefficient (Wildman–Crippen LogP) is 1.69. The first-order valence-corrected chi connectivity index (χ1v) is 23.0. The lowest BCUT2D eigenvalue weighted by Crippen LogP contribution is -2.56. The molecule has 2 saturated heterocycles. The number of carbonyl (C=O) groups is 7. The van der Waals surface area contributed by atoms with E-state index in [0.29, 0.717) is 12.8 Å². The van der Waals surface area contributed by atoms with Crippen LogP contribution >= 0.6 is 24.8 Å². The Kier molecular flexibility index (Phi) is 20.5. The molecule has 0 bridgehead atoms. The van der Waals surface area contributed by atoms with E-state index in [1.54, 1.807) is 27.9 Å². The lowest BCUT2D eigenvalue weighted by Gasteiger charge is -2.31. The number of nitrogens with one attached hydrogen (secondary N) is 8. The van der Waals surface area contributed by atoms with Crippen LogP contribution in [-0.2, 0) is 41.6 Å². The number of benzene rings is 2. The number of terminal acetylenes is 2. The monoisotopic (exact) mass is 976 g/mol. The summed E-state index contributed by atoms with van der Waals surface area (Å²) in [5.41, 5.74) is 4.32. The average molecular weight is 978 g/mol. The van der Waals surface area contributed by atoms with E-state index >= 15 is 0 Å². The molecule has 2 aliphatic heterocycles. The first-order valence-electron chi connectivity index (χ1n) is 23.0. The number of amides is 8. The molecule has 368 valence electrons. The van der Waals surface area contributed by atoms with Crippen molar-refractivity contribution in [3.05, 3.63) is 70.8 Å². The van der Waals surface area contributed by atoms with Gasteiger partial charge in [-0.3, -0.25) is 28.8 Å². The summed E-state index contributed by atoms with van der Waals surface area (Å²) in [5, 5.41) is 23.3. The maximum atomic E-state index is 14.3. The second-order valence-corrected chi connectivity index (χ2v) is 17.8. The summed E-state index contributed by atoms with van der Waals surface area (Å²) in [6.07, 6.45) is 16.1. The van der Waals surface area contributed by atoms with Gasteiger partial charge in [0.05, 0.1) is 36.3 Å². The third-order valence-electron chi connectivity index (χ3n) is 13.3. The number of fused-ring (bicyclic) bond motifs is 2. The third kappa shape index (κ3) is 13.2. The fraction of sp³-hybridized carbons (Fsp3) is 0.531. The molecule has 2 aromatic carbocycles. The molecule has 4 aliphatic rings. The largest absolute Gasteiger partial charge is 0.347 e. The van der Waals surface area contributed by atoms with Gasteiger partial charge in [0.15, 0.2) is 0 Å². The number of hydrogen-bond donors (Lipinski definition) is 8. The van der Waals surface area contributed by atoms with Crippen LogP contribution in [0.4, 0.5) is 4.79 Å². The average Bonchev–Trinajstić information content (AvgIpc) is 3.95. The van der Waals surface area contributed by atoms with E-state index in [0.717, 1.165) is 47.9 Å². The Morgan fingerprint density at radius 1 is 0.618 bits per heavy atom. The summed E-state index contributed by atoms with van der Waals surface area (Å²) in [6.45, 7) is 3.16. The summed E-state index contributed by atoms with van der Waals surface area (Å²) in [5.74, 6) is 2.12. The molecule has 2 fully saturated rings. The van der Waals surface area contributed by atoms with Gasteiger partial charge in [0.25, 0.3) is 0 Å². The number of likely N-dealkylation sites (N-methyl/N-ethyl adjacent to an activating group) is 2. The number of halogens is 2. The topological polar surface area (TPSA) is 222 Å². The second kappa shape index (κ2) is 25.5. The van der Waals surface area contributed by atoms with E-state index in [1.165, 1.54) is 9.80 Å². The smallest absolute Gasteiger partial charge is 0.315 e. The van der Waals surface area contributed by atoms with Crippen LogP contribution in [-0.4, -0.2) is 127 Å². The fourth-order valence-corrected chi connectivity index (χ4v) is 9.51. The van der Waals surface area contributed by atoms with Crippen LogP contribution in [0.1, 0.15) is 99.6 Å². The Balaban J connectivity index is 0.00000504. The normalized spacial score (nSPS) is 23.1. The first-order chi connectivity index (χ1) is 31.8. The van der Waals surface area contributed by atoms with E-state index in [9.17, 15) is 33.6 Å². The minimum absolute atomic E-state index is 0. The van der Waals surface area contributed by atoms with Gasteiger partial charge >= 0.3 is 6.03 Å².